The van der Waals surface area contributed by atoms with Gasteiger partial charge >= 0.3 is 246 Å². The van der Waals surface area contributed by atoms with Gasteiger partial charge in [-0.1, -0.05) is 0 Å². The third-order valence-corrected chi connectivity index (χ3v) is 12.8. The molecule has 0 fully saturated rings. The molecule has 41 heavy (non-hydrogen) atoms. The van der Waals surface area contributed by atoms with Crippen molar-refractivity contribution in [1.82, 2.24) is 0 Å². The molecular formula is C32H28O8Pb. The molecule has 8 nitrogen and oxygen atoms in total. The van der Waals surface area contributed by atoms with E-state index in [0.29, 0.717) is 0 Å². The SMILES string of the molecule is Cc1ccc(C(=O)[O][Pb]([O]C(=O)c2ccc(C)cc2)([O]C(=O)c2ccc(C)cc2)[O]C(=O)c2ccc(C)cc2)cc1. The summed E-state index contributed by atoms with van der Waals surface area (Å²) in [5.41, 5.74) is 3.90. The van der Waals surface area contributed by atoms with Crippen LogP contribution in [-0.2, 0) is 10.7 Å². The Morgan fingerprint density at radius 2 is 0.537 bits per heavy atom. The van der Waals surface area contributed by atoms with Crippen LogP contribution in [0, 0.1) is 27.7 Å². The molecule has 0 radical (unpaired) electrons. The second-order valence-electron chi connectivity index (χ2n) is 9.52. The summed E-state index contributed by atoms with van der Waals surface area (Å²) >= 11 is -6.44. The molecule has 9 heteroatoms. The number of benzene rings is 4. The van der Waals surface area contributed by atoms with Gasteiger partial charge in [0.15, 0.2) is 0 Å². The third-order valence-electron chi connectivity index (χ3n) is 6.02. The molecule has 0 atom stereocenters. The van der Waals surface area contributed by atoms with Crippen LogP contribution >= 0.6 is 0 Å². The van der Waals surface area contributed by atoms with E-state index in [2.05, 4.69) is 0 Å². The van der Waals surface area contributed by atoms with Crippen LogP contribution in [0.3, 0.4) is 0 Å². The van der Waals surface area contributed by atoms with Crippen LogP contribution in [0.2, 0.25) is 0 Å². The average Bonchev–Trinajstić information content (AvgIpc) is 2.94. The molecule has 0 unspecified atom stereocenters. The zero-order valence-corrected chi connectivity index (χ0v) is 26.9. The van der Waals surface area contributed by atoms with Crippen LogP contribution in [0.1, 0.15) is 63.7 Å². The summed E-state index contributed by atoms with van der Waals surface area (Å²) in [6.07, 6.45) is 0. The molecule has 0 heterocycles. The van der Waals surface area contributed by atoms with Crippen molar-refractivity contribution < 1.29 is 29.9 Å². The summed E-state index contributed by atoms with van der Waals surface area (Å²) in [6.45, 7) is 7.37. The number of hydrogen-bond donors (Lipinski definition) is 0. The van der Waals surface area contributed by atoms with E-state index in [1.165, 1.54) is 48.5 Å². The maximum absolute atomic E-state index is 13.3. The van der Waals surface area contributed by atoms with Gasteiger partial charge in [0.2, 0.25) is 0 Å². The second kappa shape index (κ2) is 12.9. The van der Waals surface area contributed by atoms with Gasteiger partial charge in [-0.05, 0) is 0 Å². The van der Waals surface area contributed by atoms with Crippen molar-refractivity contribution in [2.45, 2.75) is 27.7 Å². The zero-order chi connectivity index (χ0) is 29.6. The standard InChI is InChI=1S/4C8H8O2.Pb/c4*1-6-2-4-7(5-3-6)8(9)10;/h4*2-5H,1H3,(H,9,10);/q;;;;+4/p-4. The molecule has 208 valence electrons. The third kappa shape index (κ3) is 7.88. The van der Waals surface area contributed by atoms with E-state index < -0.39 is 46.9 Å². The Bertz CT molecular complexity index is 1320. The van der Waals surface area contributed by atoms with Gasteiger partial charge in [0.1, 0.15) is 0 Å². The molecule has 0 aliphatic heterocycles. The maximum atomic E-state index is 13.3. The first kappa shape index (κ1) is 29.7. The first-order valence-electron chi connectivity index (χ1n) is 12.7. The van der Waals surface area contributed by atoms with Gasteiger partial charge in [0.05, 0.1) is 0 Å². The van der Waals surface area contributed by atoms with Crippen LogP contribution in [0.4, 0.5) is 0 Å². The van der Waals surface area contributed by atoms with E-state index in [-0.39, 0.29) is 22.3 Å². The van der Waals surface area contributed by atoms with E-state index in [9.17, 15) is 19.2 Å². The number of rotatable bonds is 8. The van der Waals surface area contributed by atoms with Crippen molar-refractivity contribution >= 4 is 46.9 Å². The van der Waals surface area contributed by atoms with Gasteiger partial charge in [0.25, 0.3) is 0 Å². The number of carbonyl (C=O) groups excluding carboxylic acids is 4. The Hall–Kier alpha value is -4.32. The molecule has 0 N–H and O–H groups in total. The summed E-state index contributed by atoms with van der Waals surface area (Å²) in [5.74, 6) is -3.90. The average molecular weight is 748 g/mol. The Kier molecular flexibility index (Phi) is 9.33. The van der Waals surface area contributed by atoms with Gasteiger partial charge in [-0.2, -0.15) is 0 Å². The van der Waals surface area contributed by atoms with Gasteiger partial charge in [-0.15, -0.1) is 0 Å². The fourth-order valence-corrected chi connectivity index (χ4v) is 9.91. The summed E-state index contributed by atoms with van der Waals surface area (Å²) in [6, 6.07) is 25.5. The molecule has 4 aromatic rings. The fraction of sp³-hybridized carbons (Fsp3) is 0.125. The topological polar surface area (TPSA) is 105 Å². The molecule has 0 bridgehead atoms. The summed E-state index contributed by atoms with van der Waals surface area (Å²) in [7, 11) is 0. The van der Waals surface area contributed by atoms with Gasteiger partial charge in [0, 0.05) is 0 Å². The van der Waals surface area contributed by atoms with Crippen molar-refractivity contribution in [1.29, 1.82) is 0 Å². The molecular weight excluding hydrogens is 720 g/mol. The molecule has 0 saturated carbocycles. The van der Waals surface area contributed by atoms with Gasteiger partial charge in [-0.3, -0.25) is 0 Å². The quantitative estimate of drug-likeness (QED) is 0.200. The van der Waals surface area contributed by atoms with Crippen molar-refractivity contribution in [2.24, 2.45) is 0 Å². The molecule has 4 rings (SSSR count). The molecule has 0 aromatic heterocycles. The summed E-state index contributed by atoms with van der Waals surface area (Å²) in [4.78, 5) is 53.3. The fourth-order valence-electron chi connectivity index (χ4n) is 3.57. The Balaban J connectivity index is 1.77. The van der Waals surface area contributed by atoms with Crippen LogP contribution in [0.5, 0.6) is 0 Å². The Morgan fingerprint density at radius 3 is 0.707 bits per heavy atom. The van der Waals surface area contributed by atoms with E-state index in [1.54, 1.807) is 48.5 Å². The minimum absolute atomic E-state index is 0.0872. The number of aryl methyl sites for hydroxylation is 4. The van der Waals surface area contributed by atoms with Crippen molar-refractivity contribution in [3.63, 3.8) is 0 Å². The summed E-state index contributed by atoms with van der Waals surface area (Å²) < 4.78 is 22.7. The van der Waals surface area contributed by atoms with Crippen molar-refractivity contribution in [3.8, 4) is 0 Å². The molecule has 4 aromatic carbocycles. The molecule has 0 amide bonds. The van der Waals surface area contributed by atoms with E-state index in [1.807, 2.05) is 27.7 Å². The normalized spacial score (nSPS) is 10.8. The van der Waals surface area contributed by atoms with Crippen LogP contribution < -0.4 is 0 Å². The molecule has 0 saturated heterocycles. The molecule has 0 spiro atoms. The van der Waals surface area contributed by atoms with E-state index >= 15 is 0 Å². The van der Waals surface area contributed by atoms with E-state index in [0.717, 1.165) is 22.3 Å². The molecule has 0 aliphatic rings. The first-order valence-corrected chi connectivity index (χ1v) is 19.1. The first-order chi connectivity index (χ1) is 19.5. The monoisotopic (exact) mass is 748 g/mol. The minimum atomic E-state index is -6.44. The zero-order valence-electron chi connectivity index (χ0n) is 23.0. The van der Waals surface area contributed by atoms with Crippen LogP contribution in [0.15, 0.2) is 97.1 Å². The van der Waals surface area contributed by atoms with Crippen molar-refractivity contribution in [3.05, 3.63) is 142 Å². The Morgan fingerprint density at radius 1 is 0.366 bits per heavy atom. The predicted octanol–water partition coefficient (Wildman–Crippen LogP) is 6.08. The van der Waals surface area contributed by atoms with Crippen molar-refractivity contribution in [2.75, 3.05) is 0 Å². The van der Waals surface area contributed by atoms with Gasteiger partial charge < -0.3 is 0 Å². The number of carbonyl (C=O) groups is 4. The molecule has 0 aliphatic carbocycles. The van der Waals surface area contributed by atoms with E-state index in [4.69, 9.17) is 10.7 Å². The second-order valence-corrected chi connectivity index (χ2v) is 16.6. The van der Waals surface area contributed by atoms with Crippen LogP contribution in [-0.4, -0.2) is 46.9 Å². The van der Waals surface area contributed by atoms with Crippen LogP contribution in [0.25, 0.3) is 0 Å². The Labute approximate surface area is 245 Å². The number of hydrogen-bond acceptors (Lipinski definition) is 8. The predicted molar refractivity (Wildman–Crippen MR) is 152 cm³/mol. The summed E-state index contributed by atoms with van der Waals surface area (Å²) in [5, 5.41) is 0. The van der Waals surface area contributed by atoms with Gasteiger partial charge in [-0.25, -0.2) is 0 Å².